The van der Waals surface area contributed by atoms with Gasteiger partial charge in [0, 0.05) is 18.7 Å². The number of Topliss-reactive ketones (excluding diaryl/α,β-unsaturated/α-hetero) is 1. The number of ketones is 1. The molecule has 0 fully saturated rings. The second kappa shape index (κ2) is 11.0. The number of rotatable bonds is 10. The zero-order chi connectivity index (χ0) is 10.6. The second-order valence-corrected chi connectivity index (χ2v) is 4.23. The van der Waals surface area contributed by atoms with Crippen molar-refractivity contribution in [3.05, 3.63) is 0 Å². The highest BCUT2D eigenvalue weighted by Gasteiger charge is 2.00. The van der Waals surface area contributed by atoms with Gasteiger partial charge in [-0.1, -0.05) is 32.6 Å². The van der Waals surface area contributed by atoms with E-state index in [1.54, 1.807) is 0 Å². The molecule has 0 rings (SSSR count). The Bertz CT molecular complexity index is 134. The van der Waals surface area contributed by atoms with Crippen LogP contribution in [0.5, 0.6) is 0 Å². The standard InChI is InChI=1S/C12H23ClO/c1-2-3-4-5-6-9-12(14)10-7-8-11-13/h2-11H2,1H3. The summed E-state index contributed by atoms with van der Waals surface area (Å²) in [6.45, 7) is 2.21. The predicted octanol–water partition coefficient (Wildman–Crippen LogP) is 4.33. The van der Waals surface area contributed by atoms with Crippen molar-refractivity contribution in [3.63, 3.8) is 0 Å². The van der Waals surface area contributed by atoms with E-state index in [9.17, 15) is 4.79 Å². The largest absolute Gasteiger partial charge is 0.300 e. The molecule has 0 aliphatic heterocycles. The zero-order valence-electron chi connectivity index (χ0n) is 9.36. The van der Waals surface area contributed by atoms with Crippen molar-refractivity contribution in [2.75, 3.05) is 5.88 Å². The average Bonchev–Trinajstić information content (AvgIpc) is 2.18. The van der Waals surface area contributed by atoms with Crippen molar-refractivity contribution >= 4 is 17.4 Å². The monoisotopic (exact) mass is 218 g/mol. The fraction of sp³-hybridized carbons (Fsp3) is 0.917. The van der Waals surface area contributed by atoms with Crippen molar-refractivity contribution in [1.82, 2.24) is 0 Å². The van der Waals surface area contributed by atoms with E-state index in [4.69, 9.17) is 11.6 Å². The maximum Gasteiger partial charge on any atom is 0.132 e. The first kappa shape index (κ1) is 14.0. The van der Waals surface area contributed by atoms with Gasteiger partial charge in [0.25, 0.3) is 0 Å². The van der Waals surface area contributed by atoms with E-state index in [1.165, 1.54) is 25.7 Å². The summed E-state index contributed by atoms with van der Waals surface area (Å²) in [4.78, 5) is 11.3. The van der Waals surface area contributed by atoms with Crippen LogP contribution in [0.15, 0.2) is 0 Å². The number of hydrogen-bond donors (Lipinski definition) is 0. The number of unbranched alkanes of at least 4 members (excludes halogenated alkanes) is 5. The molecule has 0 aromatic heterocycles. The molecule has 0 spiro atoms. The van der Waals surface area contributed by atoms with E-state index >= 15 is 0 Å². The summed E-state index contributed by atoms with van der Waals surface area (Å²) in [6, 6.07) is 0. The SMILES string of the molecule is CCCCCCCC(=O)CCCCCl. The van der Waals surface area contributed by atoms with Gasteiger partial charge >= 0.3 is 0 Å². The quantitative estimate of drug-likeness (QED) is 0.394. The average molecular weight is 219 g/mol. The van der Waals surface area contributed by atoms with Crippen LogP contribution < -0.4 is 0 Å². The van der Waals surface area contributed by atoms with E-state index in [0.29, 0.717) is 11.7 Å². The number of carbonyl (C=O) groups excluding carboxylic acids is 1. The third-order valence-electron chi connectivity index (χ3n) is 2.40. The van der Waals surface area contributed by atoms with Crippen molar-refractivity contribution in [3.8, 4) is 0 Å². The lowest BCUT2D eigenvalue weighted by molar-refractivity contribution is -0.119. The highest BCUT2D eigenvalue weighted by molar-refractivity contribution is 6.17. The van der Waals surface area contributed by atoms with E-state index in [0.717, 1.165) is 32.1 Å². The van der Waals surface area contributed by atoms with Gasteiger partial charge in [-0.15, -0.1) is 11.6 Å². The van der Waals surface area contributed by atoms with Crippen LogP contribution in [0, 0.1) is 0 Å². The Kier molecular flexibility index (Phi) is 11.0. The molecule has 0 aromatic rings. The van der Waals surface area contributed by atoms with Gasteiger partial charge in [0.15, 0.2) is 0 Å². The van der Waals surface area contributed by atoms with Crippen molar-refractivity contribution < 1.29 is 4.79 Å². The highest BCUT2D eigenvalue weighted by Crippen LogP contribution is 2.08. The smallest absolute Gasteiger partial charge is 0.132 e. The van der Waals surface area contributed by atoms with Crippen LogP contribution in [0.1, 0.15) is 64.7 Å². The summed E-state index contributed by atoms with van der Waals surface area (Å²) in [5, 5.41) is 0. The molecule has 0 aliphatic rings. The first-order valence-electron chi connectivity index (χ1n) is 5.89. The molecule has 14 heavy (non-hydrogen) atoms. The number of carbonyl (C=O) groups is 1. The zero-order valence-corrected chi connectivity index (χ0v) is 10.1. The van der Waals surface area contributed by atoms with Gasteiger partial charge in [-0.05, 0) is 19.3 Å². The lowest BCUT2D eigenvalue weighted by Gasteiger charge is -2.00. The Labute approximate surface area is 93.2 Å². The maximum absolute atomic E-state index is 11.3. The Morgan fingerprint density at radius 1 is 0.929 bits per heavy atom. The van der Waals surface area contributed by atoms with Crippen LogP contribution in [-0.2, 0) is 4.79 Å². The summed E-state index contributed by atoms with van der Waals surface area (Å²) in [6.07, 6.45) is 9.62. The minimum atomic E-state index is 0.423. The van der Waals surface area contributed by atoms with Crippen LogP contribution >= 0.6 is 11.6 Å². The molecule has 0 saturated heterocycles. The van der Waals surface area contributed by atoms with Gasteiger partial charge in [-0.2, -0.15) is 0 Å². The molecule has 0 N–H and O–H groups in total. The first-order chi connectivity index (χ1) is 6.81. The molecule has 2 heteroatoms. The number of hydrogen-bond acceptors (Lipinski definition) is 1. The lowest BCUT2D eigenvalue weighted by Crippen LogP contribution is -1.97. The second-order valence-electron chi connectivity index (χ2n) is 3.85. The predicted molar refractivity (Wildman–Crippen MR) is 63.0 cm³/mol. The highest BCUT2D eigenvalue weighted by atomic mass is 35.5. The molecule has 0 bridgehead atoms. The molecule has 0 saturated carbocycles. The molecule has 84 valence electrons. The Morgan fingerprint density at radius 3 is 2.07 bits per heavy atom. The fourth-order valence-electron chi connectivity index (χ4n) is 1.47. The Balaban J connectivity index is 3.10. The molecule has 0 heterocycles. The summed E-state index contributed by atoms with van der Waals surface area (Å²) in [5.41, 5.74) is 0. The normalized spacial score (nSPS) is 10.4. The van der Waals surface area contributed by atoms with Crippen molar-refractivity contribution in [2.24, 2.45) is 0 Å². The molecular formula is C12H23ClO. The molecule has 0 atom stereocenters. The van der Waals surface area contributed by atoms with E-state index in [2.05, 4.69) is 6.92 Å². The van der Waals surface area contributed by atoms with Crippen LogP contribution in [0.2, 0.25) is 0 Å². The summed E-state index contributed by atoms with van der Waals surface area (Å²) >= 11 is 5.54. The summed E-state index contributed by atoms with van der Waals surface area (Å²) < 4.78 is 0. The van der Waals surface area contributed by atoms with Gasteiger partial charge in [0.1, 0.15) is 5.78 Å². The maximum atomic E-state index is 11.3. The van der Waals surface area contributed by atoms with E-state index in [1.807, 2.05) is 0 Å². The molecule has 0 aromatic carbocycles. The molecule has 0 aliphatic carbocycles. The molecule has 0 amide bonds. The van der Waals surface area contributed by atoms with Crippen LogP contribution in [0.25, 0.3) is 0 Å². The van der Waals surface area contributed by atoms with Crippen molar-refractivity contribution in [2.45, 2.75) is 64.7 Å². The number of alkyl halides is 1. The van der Waals surface area contributed by atoms with Gasteiger partial charge < -0.3 is 0 Å². The van der Waals surface area contributed by atoms with Gasteiger partial charge in [-0.25, -0.2) is 0 Å². The first-order valence-corrected chi connectivity index (χ1v) is 6.42. The lowest BCUT2D eigenvalue weighted by atomic mass is 10.1. The van der Waals surface area contributed by atoms with E-state index < -0.39 is 0 Å². The number of halogens is 1. The Hall–Kier alpha value is -0.0400. The van der Waals surface area contributed by atoms with Crippen LogP contribution in [0.4, 0.5) is 0 Å². The third kappa shape index (κ3) is 10.0. The van der Waals surface area contributed by atoms with Gasteiger partial charge in [-0.3, -0.25) is 4.79 Å². The molecular weight excluding hydrogens is 196 g/mol. The summed E-state index contributed by atoms with van der Waals surface area (Å²) in [7, 11) is 0. The minimum Gasteiger partial charge on any atom is -0.300 e. The fourth-order valence-corrected chi connectivity index (χ4v) is 1.66. The Morgan fingerprint density at radius 2 is 1.50 bits per heavy atom. The topological polar surface area (TPSA) is 17.1 Å². The van der Waals surface area contributed by atoms with Gasteiger partial charge in [0.2, 0.25) is 0 Å². The molecule has 1 nitrogen and oxygen atoms in total. The van der Waals surface area contributed by atoms with Crippen molar-refractivity contribution in [1.29, 1.82) is 0 Å². The van der Waals surface area contributed by atoms with Gasteiger partial charge in [0.05, 0.1) is 0 Å². The van der Waals surface area contributed by atoms with Crippen LogP contribution in [0.3, 0.4) is 0 Å². The third-order valence-corrected chi connectivity index (χ3v) is 2.67. The molecule has 0 unspecified atom stereocenters. The summed E-state index contributed by atoms with van der Waals surface area (Å²) in [5.74, 6) is 1.11. The molecule has 0 radical (unpaired) electrons. The van der Waals surface area contributed by atoms with E-state index in [-0.39, 0.29) is 0 Å². The van der Waals surface area contributed by atoms with Crippen LogP contribution in [-0.4, -0.2) is 11.7 Å². The minimum absolute atomic E-state index is 0.423.